The van der Waals surface area contributed by atoms with Gasteiger partial charge in [-0.15, -0.1) is 0 Å². The highest BCUT2D eigenvalue weighted by Crippen LogP contribution is 2.24. The minimum Gasteiger partial charge on any atom is -0.342 e. The Balaban J connectivity index is 1.54. The average molecular weight is 377 g/mol. The second-order valence-electron chi connectivity index (χ2n) is 6.86. The molecule has 0 bridgehead atoms. The Morgan fingerprint density at radius 2 is 2.07 bits per heavy atom. The highest BCUT2D eigenvalue weighted by Gasteiger charge is 2.15. The molecule has 0 aliphatic heterocycles. The average Bonchev–Trinajstić information content (AvgIpc) is 3.29. The molecule has 5 nitrogen and oxygen atoms in total. The fourth-order valence-corrected chi connectivity index (χ4v) is 3.32. The molecule has 0 saturated heterocycles. The largest absolute Gasteiger partial charge is 0.342 e. The highest BCUT2D eigenvalue weighted by atomic mass is 19.1. The number of benzene rings is 2. The molecule has 28 heavy (non-hydrogen) atoms. The molecule has 2 aromatic heterocycles. The van der Waals surface area contributed by atoms with Crippen LogP contribution in [0.1, 0.15) is 18.3 Å². The van der Waals surface area contributed by atoms with E-state index < -0.39 is 11.6 Å². The minimum absolute atomic E-state index is 0.143. The number of imidazole rings is 2. The molecule has 2 aromatic carbocycles. The summed E-state index contributed by atoms with van der Waals surface area (Å²) < 4.78 is 29.5. The fraction of sp³-hybridized carbons (Fsp3) is 0.190. The summed E-state index contributed by atoms with van der Waals surface area (Å²) >= 11 is 0. The van der Waals surface area contributed by atoms with Crippen molar-refractivity contribution in [3.63, 3.8) is 0 Å². The van der Waals surface area contributed by atoms with Gasteiger partial charge in [-0.05, 0) is 42.3 Å². The van der Waals surface area contributed by atoms with Crippen LogP contribution in [0.25, 0.3) is 22.4 Å². The Bertz CT molecular complexity index is 1190. The van der Waals surface area contributed by atoms with Gasteiger partial charge in [0.1, 0.15) is 23.3 Å². The van der Waals surface area contributed by atoms with Crippen molar-refractivity contribution in [2.75, 3.05) is 0 Å². The van der Waals surface area contributed by atoms with Gasteiger partial charge in [-0.1, -0.05) is 6.92 Å². The van der Waals surface area contributed by atoms with E-state index in [1.54, 1.807) is 24.5 Å². The minimum atomic E-state index is -0.507. The first-order chi connectivity index (χ1) is 13.5. The van der Waals surface area contributed by atoms with Crippen molar-refractivity contribution in [1.82, 2.24) is 19.5 Å². The fourth-order valence-electron chi connectivity index (χ4n) is 3.32. The topological polar surface area (TPSA) is 70.3 Å². The lowest BCUT2D eigenvalue weighted by Crippen LogP contribution is -2.12. The van der Waals surface area contributed by atoms with Crippen LogP contribution in [-0.4, -0.2) is 19.5 Å². The number of fused-ring (bicyclic) bond motifs is 1. The maximum absolute atomic E-state index is 14.1. The summed E-state index contributed by atoms with van der Waals surface area (Å²) in [5, 5.41) is 9.00. The van der Waals surface area contributed by atoms with Crippen molar-refractivity contribution in [2.45, 2.75) is 19.9 Å². The van der Waals surface area contributed by atoms with Gasteiger partial charge in [-0.2, -0.15) is 5.26 Å². The van der Waals surface area contributed by atoms with Crippen molar-refractivity contribution in [3.05, 3.63) is 71.8 Å². The number of nitriles is 1. The molecule has 0 aliphatic carbocycles. The van der Waals surface area contributed by atoms with Gasteiger partial charge in [0.25, 0.3) is 0 Å². The number of hydrogen-bond acceptors (Lipinski definition) is 3. The maximum atomic E-state index is 14.1. The van der Waals surface area contributed by atoms with Crippen LogP contribution in [0.3, 0.4) is 0 Å². The first-order valence-electron chi connectivity index (χ1n) is 8.89. The number of nitrogens with one attached hydrogen (secondary N) is 1. The molecule has 7 heteroatoms. The monoisotopic (exact) mass is 377 g/mol. The molecular formula is C21H17F2N5. The predicted octanol–water partition coefficient (Wildman–Crippen LogP) is 4.46. The molecule has 140 valence electrons. The third kappa shape index (κ3) is 3.49. The van der Waals surface area contributed by atoms with Crippen molar-refractivity contribution in [3.8, 4) is 17.5 Å². The van der Waals surface area contributed by atoms with Gasteiger partial charge >= 0.3 is 0 Å². The smallest absolute Gasteiger partial charge is 0.142 e. The number of hydrogen-bond donors (Lipinski definition) is 1. The van der Waals surface area contributed by atoms with Crippen molar-refractivity contribution in [1.29, 1.82) is 5.26 Å². The van der Waals surface area contributed by atoms with Crippen molar-refractivity contribution in [2.24, 2.45) is 5.92 Å². The molecule has 0 fully saturated rings. The lowest BCUT2D eigenvalue weighted by molar-refractivity contribution is 0.473. The van der Waals surface area contributed by atoms with E-state index in [0.29, 0.717) is 24.4 Å². The van der Waals surface area contributed by atoms with Crippen LogP contribution >= 0.6 is 0 Å². The Kier molecular flexibility index (Phi) is 4.62. The lowest BCUT2D eigenvalue weighted by Gasteiger charge is -2.14. The van der Waals surface area contributed by atoms with Crippen LogP contribution in [0.15, 0.2) is 48.8 Å². The van der Waals surface area contributed by atoms with Crippen molar-refractivity contribution >= 4 is 11.0 Å². The quantitative estimate of drug-likeness (QED) is 0.558. The SMILES string of the molecule is CC(Cc1nc2cc(C#N)ccc2[nH]1)Cn1ccnc1-c1cc(F)ccc1F. The molecular weight excluding hydrogens is 360 g/mol. The van der Waals surface area contributed by atoms with Gasteiger partial charge in [0.05, 0.1) is 28.2 Å². The molecule has 0 aliphatic rings. The van der Waals surface area contributed by atoms with Crippen LogP contribution in [0.5, 0.6) is 0 Å². The Morgan fingerprint density at radius 3 is 2.89 bits per heavy atom. The number of nitrogens with zero attached hydrogens (tertiary/aromatic N) is 4. The summed E-state index contributed by atoms with van der Waals surface area (Å²) in [5.74, 6) is 0.369. The van der Waals surface area contributed by atoms with Crippen LogP contribution in [0, 0.1) is 28.9 Å². The van der Waals surface area contributed by atoms with E-state index in [1.165, 1.54) is 0 Å². The summed E-state index contributed by atoms with van der Waals surface area (Å²) in [6.07, 6.45) is 4.00. The van der Waals surface area contributed by atoms with E-state index in [0.717, 1.165) is 35.1 Å². The highest BCUT2D eigenvalue weighted by molar-refractivity contribution is 5.76. The number of rotatable bonds is 5. The van der Waals surface area contributed by atoms with Crippen molar-refractivity contribution < 1.29 is 8.78 Å². The van der Waals surface area contributed by atoms with E-state index in [-0.39, 0.29) is 11.5 Å². The van der Waals surface area contributed by atoms with E-state index in [9.17, 15) is 8.78 Å². The second kappa shape index (κ2) is 7.24. The molecule has 4 aromatic rings. The first kappa shape index (κ1) is 17.9. The molecule has 0 amide bonds. The van der Waals surface area contributed by atoms with Crippen LogP contribution in [-0.2, 0) is 13.0 Å². The van der Waals surface area contributed by atoms with Crippen LogP contribution in [0.2, 0.25) is 0 Å². The number of aromatic nitrogens is 4. The Morgan fingerprint density at radius 1 is 1.21 bits per heavy atom. The summed E-state index contributed by atoms with van der Waals surface area (Å²) in [7, 11) is 0. The van der Waals surface area contributed by atoms with E-state index >= 15 is 0 Å². The third-order valence-electron chi connectivity index (χ3n) is 4.60. The normalized spacial score (nSPS) is 12.2. The van der Waals surface area contributed by atoms with E-state index in [2.05, 4.69) is 27.9 Å². The Hall–Kier alpha value is -3.53. The zero-order valence-corrected chi connectivity index (χ0v) is 15.2. The van der Waals surface area contributed by atoms with Crippen LogP contribution < -0.4 is 0 Å². The molecule has 4 rings (SSSR count). The van der Waals surface area contributed by atoms with Gasteiger partial charge in [-0.3, -0.25) is 0 Å². The zero-order valence-electron chi connectivity index (χ0n) is 15.2. The molecule has 0 saturated carbocycles. The molecule has 1 atom stereocenters. The molecule has 0 radical (unpaired) electrons. The van der Waals surface area contributed by atoms with Gasteiger partial charge in [0, 0.05) is 25.4 Å². The molecule has 1 unspecified atom stereocenters. The van der Waals surface area contributed by atoms with E-state index in [4.69, 9.17) is 5.26 Å². The van der Waals surface area contributed by atoms with Gasteiger partial charge in [-0.25, -0.2) is 18.7 Å². The molecule has 1 N–H and O–H groups in total. The van der Waals surface area contributed by atoms with Gasteiger partial charge in [0.15, 0.2) is 0 Å². The summed E-state index contributed by atoms with van der Waals surface area (Å²) in [4.78, 5) is 12.0. The first-order valence-corrected chi connectivity index (χ1v) is 8.89. The van der Waals surface area contributed by atoms with Crippen LogP contribution in [0.4, 0.5) is 8.78 Å². The lowest BCUT2D eigenvalue weighted by atomic mass is 10.1. The predicted molar refractivity (Wildman–Crippen MR) is 101 cm³/mol. The third-order valence-corrected chi connectivity index (χ3v) is 4.60. The van der Waals surface area contributed by atoms with E-state index in [1.807, 2.05) is 10.6 Å². The summed E-state index contributed by atoms with van der Waals surface area (Å²) in [5.41, 5.74) is 2.35. The number of halogens is 2. The second-order valence-corrected chi connectivity index (χ2v) is 6.86. The maximum Gasteiger partial charge on any atom is 0.142 e. The molecule has 2 heterocycles. The standard InChI is InChI=1S/C21H17F2N5/c1-13(8-20-26-18-5-2-14(11-24)9-19(18)27-20)12-28-7-6-25-21(28)16-10-15(22)3-4-17(16)23/h2-7,9-10,13H,8,12H2,1H3,(H,26,27). The van der Waals surface area contributed by atoms with Gasteiger partial charge in [0.2, 0.25) is 0 Å². The zero-order chi connectivity index (χ0) is 19.7. The summed E-state index contributed by atoms with van der Waals surface area (Å²) in [6.45, 7) is 2.63. The summed E-state index contributed by atoms with van der Waals surface area (Å²) in [6, 6.07) is 10.8. The van der Waals surface area contributed by atoms with Gasteiger partial charge < -0.3 is 9.55 Å². The number of H-pyrrole nitrogens is 1. The Labute approximate surface area is 160 Å². The number of aromatic amines is 1. The molecule has 0 spiro atoms.